The van der Waals surface area contributed by atoms with Gasteiger partial charge < -0.3 is 10.2 Å². The maximum absolute atomic E-state index is 13.8. The molecule has 2 aliphatic rings. The molecule has 7 heteroatoms. The molecule has 1 N–H and O–H groups in total. The van der Waals surface area contributed by atoms with Gasteiger partial charge in [0.15, 0.2) is 0 Å². The SMILES string of the molecule is Cc1ccc(NC2=C(C3C(=O)N(Cc4ccccc4)c4ccc(Cl)cc43)C(=O)N(C)C2=O)cc1. The number of halogens is 1. The van der Waals surface area contributed by atoms with Crippen molar-refractivity contribution in [1.29, 1.82) is 0 Å². The minimum absolute atomic E-state index is 0.113. The average Bonchev–Trinajstić information content (AvgIpc) is 3.20. The molecule has 3 aromatic carbocycles. The van der Waals surface area contributed by atoms with Crippen LogP contribution in [0.2, 0.25) is 5.02 Å². The van der Waals surface area contributed by atoms with Crippen LogP contribution in [0.3, 0.4) is 0 Å². The molecule has 1 atom stereocenters. The molecule has 0 radical (unpaired) electrons. The highest BCUT2D eigenvalue weighted by molar-refractivity contribution is 6.31. The number of rotatable bonds is 5. The lowest BCUT2D eigenvalue weighted by molar-refractivity contribution is -0.136. The van der Waals surface area contributed by atoms with Gasteiger partial charge in [-0.3, -0.25) is 19.3 Å². The molecule has 0 fully saturated rings. The zero-order valence-corrected chi connectivity index (χ0v) is 19.5. The van der Waals surface area contributed by atoms with Crippen molar-refractivity contribution in [3.63, 3.8) is 0 Å². The second kappa shape index (κ2) is 8.47. The van der Waals surface area contributed by atoms with Gasteiger partial charge in [-0.1, -0.05) is 59.6 Å². The third-order valence-corrected chi connectivity index (χ3v) is 6.46. The highest BCUT2D eigenvalue weighted by Gasteiger charge is 2.48. The summed E-state index contributed by atoms with van der Waals surface area (Å²) in [4.78, 5) is 42.8. The van der Waals surface area contributed by atoms with Crippen LogP contribution in [0.25, 0.3) is 0 Å². The van der Waals surface area contributed by atoms with Crippen molar-refractivity contribution < 1.29 is 14.4 Å². The number of carbonyl (C=O) groups excluding carboxylic acids is 3. The Balaban J connectivity index is 1.62. The molecule has 0 aromatic heterocycles. The van der Waals surface area contributed by atoms with Crippen LogP contribution in [0, 0.1) is 6.92 Å². The molecule has 3 aromatic rings. The number of nitrogens with zero attached hydrogens (tertiary/aromatic N) is 2. The molecule has 2 aliphatic heterocycles. The number of fused-ring (bicyclic) bond motifs is 1. The summed E-state index contributed by atoms with van der Waals surface area (Å²) in [6.45, 7) is 2.31. The van der Waals surface area contributed by atoms with Gasteiger partial charge in [-0.15, -0.1) is 0 Å². The van der Waals surface area contributed by atoms with E-state index in [1.54, 1.807) is 23.1 Å². The summed E-state index contributed by atoms with van der Waals surface area (Å²) in [5, 5.41) is 3.56. The summed E-state index contributed by atoms with van der Waals surface area (Å²) < 4.78 is 0. The number of carbonyl (C=O) groups is 3. The number of aryl methyl sites for hydroxylation is 1. The molecule has 6 nitrogen and oxygen atoms in total. The summed E-state index contributed by atoms with van der Waals surface area (Å²) in [7, 11) is 1.43. The molecule has 5 rings (SSSR count). The fourth-order valence-corrected chi connectivity index (χ4v) is 4.63. The average molecular weight is 472 g/mol. The van der Waals surface area contributed by atoms with Crippen molar-refractivity contribution in [1.82, 2.24) is 4.90 Å². The summed E-state index contributed by atoms with van der Waals surface area (Å²) in [5.41, 5.74) is 4.22. The van der Waals surface area contributed by atoms with E-state index in [2.05, 4.69) is 5.32 Å². The van der Waals surface area contributed by atoms with E-state index in [9.17, 15) is 14.4 Å². The van der Waals surface area contributed by atoms with E-state index < -0.39 is 17.7 Å². The molecule has 0 spiro atoms. The van der Waals surface area contributed by atoms with Crippen molar-refractivity contribution in [3.8, 4) is 0 Å². The largest absolute Gasteiger partial charge is 0.351 e. The van der Waals surface area contributed by atoms with Crippen LogP contribution in [-0.4, -0.2) is 29.7 Å². The highest BCUT2D eigenvalue weighted by atomic mass is 35.5. The van der Waals surface area contributed by atoms with E-state index >= 15 is 0 Å². The number of amides is 3. The van der Waals surface area contributed by atoms with Crippen LogP contribution < -0.4 is 10.2 Å². The van der Waals surface area contributed by atoms with E-state index in [1.165, 1.54) is 7.05 Å². The lowest BCUT2D eigenvalue weighted by Gasteiger charge is -2.18. The van der Waals surface area contributed by atoms with E-state index in [0.29, 0.717) is 28.5 Å². The molecule has 0 aliphatic carbocycles. The van der Waals surface area contributed by atoms with Crippen molar-refractivity contribution in [2.24, 2.45) is 0 Å². The van der Waals surface area contributed by atoms with Crippen LogP contribution in [0.1, 0.15) is 22.6 Å². The third-order valence-electron chi connectivity index (χ3n) is 6.22. The van der Waals surface area contributed by atoms with Crippen molar-refractivity contribution in [2.75, 3.05) is 17.3 Å². The Morgan fingerprint density at radius 3 is 2.32 bits per heavy atom. The Bertz CT molecular complexity index is 1350. The van der Waals surface area contributed by atoms with Crippen LogP contribution in [0.5, 0.6) is 0 Å². The summed E-state index contributed by atoms with van der Waals surface area (Å²) in [6, 6.07) is 22.3. The highest BCUT2D eigenvalue weighted by Crippen LogP contribution is 2.46. The molecule has 170 valence electrons. The van der Waals surface area contributed by atoms with Gasteiger partial charge in [-0.05, 0) is 48.4 Å². The molecular weight excluding hydrogens is 450 g/mol. The Morgan fingerprint density at radius 1 is 0.912 bits per heavy atom. The number of likely N-dealkylation sites (N-methyl/N-ethyl adjacent to an activating group) is 1. The predicted octanol–water partition coefficient (Wildman–Crippen LogP) is 4.64. The first kappa shape index (κ1) is 21.9. The standard InChI is InChI=1S/C27H22ClN3O3/c1-16-8-11-19(12-9-16)29-24-23(25(32)30(2)27(24)34)22-20-14-18(28)10-13-21(20)31(26(22)33)15-17-6-4-3-5-7-17/h3-14,22,29H,15H2,1-2H3. The van der Waals surface area contributed by atoms with Gasteiger partial charge in [0.25, 0.3) is 11.8 Å². The molecule has 1 unspecified atom stereocenters. The van der Waals surface area contributed by atoms with Gasteiger partial charge in [-0.25, -0.2) is 0 Å². The van der Waals surface area contributed by atoms with E-state index in [1.807, 2.05) is 61.5 Å². The van der Waals surface area contributed by atoms with Gasteiger partial charge >= 0.3 is 0 Å². The van der Waals surface area contributed by atoms with Crippen molar-refractivity contribution in [2.45, 2.75) is 19.4 Å². The Morgan fingerprint density at radius 2 is 1.62 bits per heavy atom. The van der Waals surface area contributed by atoms with Crippen LogP contribution in [-0.2, 0) is 20.9 Å². The first-order valence-corrected chi connectivity index (χ1v) is 11.3. The number of nitrogens with one attached hydrogen (secondary N) is 1. The third kappa shape index (κ3) is 3.66. The second-order valence-electron chi connectivity index (χ2n) is 8.50. The summed E-state index contributed by atoms with van der Waals surface area (Å²) in [6.07, 6.45) is 0. The summed E-state index contributed by atoms with van der Waals surface area (Å²) >= 11 is 6.30. The molecule has 34 heavy (non-hydrogen) atoms. The Hall–Kier alpha value is -3.90. The predicted molar refractivity (Wildman–Crippen MR) is 131 cm³/mol. The quantitative estimate of drug-likeness (QED) is 0.550. The fourth-order valence-electron chi connectivity index (χ4n) is 4.45. The van der Waals surface area contributed by atoms with E-state index in [-0.39, 0.29) is 17.2 Å². The Kier molecular flexibility index (Phi) is 5.46. The topological polar surface area (TPSA) is 69.7 Å². The fraction of sp³-hybridized carbons (Fsp3) is 0.148. The molecule has 0 bridgehead atoms. The number of benzene rings is 3. The van der Waals surface area contributed by atoms with Gasteiger partial charge in [0.1, 0.15) is 5.70 Å². The maximum atomic E-state index is 13.8. The first-order chi connectivity index (χ1) is 16.3. The summed E-state index contributed by atoms with van der Waals surface area (Å²) in [5.74, 6) is -2.17. The van der Waals surface area contributed by atoms with E-state index in [4.69, 9.17) is 11.6 Å². The number of anilines is 2. The lowest BCUT2D eigenvalue weighted by Crippen LogP contribution is -2.32. The van der Waals surface area contributed by atoms with Gasteiger partial charge in [0.2, 0.25) is 5.91 Å². The molecule has 3 amide bonds. The van der Waals surface area contributed by atoms with Crippen LogP contribution in [0.15, 0.2) is 84.1 Å². The molecule has 2 heterocycles. The minimum Gasteiger partial charge on any atom is -0.351 e. The van der Waals surface area contributed by atoms with Crippen LogP contribution in [0.4, 0.5) is 11.4 Å². The number of hydrogen-bond donors (Lipinski definition) is 1. The molecule has 0 saturated carbocycles. The first-order valence-electron chi connectivity index (χ1n) is 10.9. The zero-order chi connectivity index (χ0) is 24.0. The van der Waals surface area contributed by atoms with Gasteiger partial charge in [0, 0.05) is 23.4 Å². The van der Waals surface area contributed by atoms with Gasteiger partial charge in [0.05, 0.1) is 18.0 Å². The maximum Gasteiger partial charge on any atom is 0.277 e. The van der Waals surface area contributed by atoms with Crippen molar-refractivity contribution in [3.05, 3.63) is 106 Å². The Labute approximate surface area is 202 Å². The normalized spacial score (nSPS) is 17.6. The lowest BCUT2D eigenvalue weighted by atomic mass is 9.91. The number of imide groups is 1. The zero-order valence-electron chi connectivity index (χ0n) is 18.7. The second-order valence-corrected chi connectivity index (χ2v) is 8.93. The van der Waals surface area contributed by atoms with Crippen LogP contribution >= 0.6 is 11.6 Å². The molecule has 0 saturated heterocycles. The minimum atomic E-state index is -0.938. The van der Waals surface area contributed by atoms with Gasteiger partial charge in [-0.2, -0.15) is 0 Å². The van der Waals surface area contributed by atoms with Crippen molar-refractivity contribution >= 4 is 40.7 Å². The monoisotopic (exact) mass is 471 g/mol. The van der Waals surface area contributed by atoms with E-state index in [0.717, 1.165) is 16.0 Å². The smallest absolute Gasteiger partial charge is 0.277 e. The number of hydrogen-bond acceptors (Lipinski definition) is 4. The molecular formula is C27H22ClN3O3.